The summed E-state index contributed by atoms with van der Waals surface area (Å²) in [5, 5.41) is 0. The summed E-state index contributed by atoms with van der Waals surface area (Å²) in [5.41, 5.74) is -1.66. The zero-order valence-corrected chi connectivity index (χ0v) is 16.3. The van der Waals surface area contributed by atoms with E-state index in [0.717, 1.165) is 43.2 Å². The van der Waals surface area contributed by atoms with E-state index in [1.165, 1.54) is 6.07 Å². The van der Waals surface area contributed by atoms with Crippen molar-refractivity contribution in [2.45, 2.75) is 30.2 Å². The highest BCUT2D eigenvalue weighted by Gasteiger charge is 2.31. The van der Waals surface area contributed by atoms with Crippen LogP contribution < -0.4 is 25.3 Å². The molecule has 1 saturated carbocycles. The van der Waals surface area contributed by atoms with Gasteiger partial charge in [-0.05, 0) is 43.2 Å². The molecule has 0 unspecified atom stereocenters. The molecule has 164 valence electrons. The van der Waals surface area contributed by atoms with E-state index in [2.05, 4.69) is 19.4 Å². The average Bonchev–Trinajstić information content (AvgIpc) is 3.47. The van der Waals surface area contributed by atoms with Crippen molar-refractivity contribution in [2.24, 2.45) is 0 Å². The SMILES string of the molecule is O=c1[nH]c2cc(OC3CC3)c(S(=O)(=O)Nc3ccc(OC(F)(F)F)cc3)cc2[nH]c1=O. The highest BCUT2D eigenvalue weighted by Crippen LogP contribution is 2.34. The molecule has 31 heavy (non-hydrogen) atoms. The Labute approximate surface area is 171 Å². The molecule has 1 aliphatic rings. The first-order valence-electron chi connectivity index (χ1n) is 8.86. The number of aromatic amines is 2. The molecule has 0 spiro atoms. The maximum absolute atomic E-state index is 13.0. The highest BCUT2D eigenvalue weighted by molar-refractivity contribution is 7.92. The van der Waals surface area contributed by atoms with Gasteiger partial charge in [0, 0.05) is 11.8 Å². The lowest BCUT2D eigenvalue weighted by Gasteiger charge is -2.15. The molecule has 0 radical (unpaired) electrons. The Hall–Kier alpha value is -3.48. The maximum atomic E-state index is 13.0. The average molecular weight is 457 g/mol. The predicted molar refractivity (Wildman–Crippen MR) is 103 cm³/mol. The van der Waals surface area contributed by atoms with Gasteiger partial charge in [0.2, 0.25) is 0 Å². The number of fused-ring (bicyclic) bond motifs is 1. The van der Waals surface area contributed by atoms with Crippen LogP contribution in [0.5, 0.6) is 11.5 Å². The number of H-pyrrole nitrogens is 2. The molecule has 4 rings (SSSR count). The van der Waals surface area contributed by atoms with E-state index in [0.29, 0.717) is 0 Å². The van der Waals surface area contributed by atoms with Crippen LogP contribution in [-0.4, -0.2) is 30.9 Å². The van der Waals surface area contributed by atoms with Crippen LogP contribution >= 0.6 is 0 Å². The van der Waals surface area contributed by atoms with Gasteiger partial charge in [-0.3, -0.25) is 14.3 Å². The molecule has 0 atom stereocenters. The van der Waals surface area contributed by atoms with E-state index < -0.39 is 33.3 Å². The van der Waals surface area contributed by atoms with Gasteiger partial charge in [0.15, 0.2) is 0 Å². The van der Waals surface area contributed by atoms with Gasteiger partial charge < -0.3 is 19.4 Å². The van der Waals surface area contributed by atoms with Crippen molar-refractivity contribution in [3.8, 4) is 11.5 Å². The van der Waals surface area contributed by atoms with Crippen molar-refractivity contribution in [3.05, 3.63) is 57.1 Å². The normalized spacial score (nSPS) is 14.4. The summed E-state index contributed by atoms with van der Waals surface area (Å²) < 4.78 is 74.4. The van der Waals surface area contributed by atoms with Gasteiger partial charge in [0.25, 0.3) is 10.0 Å². The molecule has 3 aromatic rings. The topological polar surface area (TPSA) is 130 Å². The third-order valence-electron chi connectivity index (χ3n) is 4.23. The van der Waals surface area contributed by atoms with E-state index in [1.54, 1.807) is 0 Å². The minimum atomic E-state index is -4.88. The van der Waals surface area contributed by atoms with Crippen molar-refractivity contribution in [3.63, 3.8) is 0 Å². The lowest BCUT2D eigenvalue weighted by Crippen LogP contribution is -2.29. The second-order valence-corrected chi connectivity index (χ2v) is 8.40. The monoisotopic (exact) mass is 457 g/mol. The van der Waals surface area contributed by atoms with Crippen molar-refractivity contribution < 1.29 is 31.1 Å². The number of alkyl halides is 3. The number of halogens is 3. The largest absolute Gasteiger partial charge is 0.573 e. The van der Waals surface area contributed by atoms with Gasteiger partial charge in [-0.2, -0.15) is 0 Å². The number of hydrogen-bond acceptors (Lipinski definition) is 6. The fourth-order valence-electron chi connectivity index (χ4n) is 2.73. The molecule has 1 aromatic heterocycles. The third-order valence-corrected chi connectivity index (χ3v) is 5.64. The number of benzene rings is 2. The molecule has 1 heterocycles. The van der Waals surface area contributed by atoms with Crippen LogP contribution in [-0.2, 0) is 10.0 Å². The summed E-state index contributed by atoms with van der Waals surface area (Å²) in [4.78, 5) is 27.5. The predicted octanol–water partition coefficient (Wildman–Crippen LogP) is 2.46. The highest BCUT2D eigenvalue weighted by atomic mass is 32.2. The van der Waals surface area contributed by atoms with Crippen LogP contribution in [0.1, 0.15) is 12.8 Å². The zero-order chi connectivity index (χ0) is 22.4. The molecular formula is C18H14F3N3O6S. The van der Waals surface area contributed by atoms with Crippen molar-refractivity contribution >= 4 is 26.7 Å². The Morgan fingerprint density at radius 3 is 2.10 bits per heavy atom. The van der Waals surface area contributed by atoms with Gasteiger partial charge in [-0.25, -0.2) is 8.42 Å². The Bertz CT molecular complexity index is 1360. The summed E-state index contributed by atoms with van der Waals surface area (Å²) in [6, 6.07) is 6.53. The summed E-state index contributed by atoms with van der Waals surface area (Å²) in [7, 11) is -4.28. The quantitative estimate of drug-likeness (QED) is 0.488. The Balaban J connectivity index is 1.70. The van der Waals surface area contributed by atoms with E-state index >= 15 is 0 Å². The van der Waals surface area contributed by atoms with Gasteiger partial charge >= 0.3 is 17.5 Å². The number of rotatable bonds is 6. The van der Waals surface area contributed by atoms with Gasteiger partial charge in [-0.15, -0.1) is 13.2 Å². The first-order chi connectivity index (χ1) is 14.5. The molecule has 0 bridgehead atoms. The number of sulfonamides is 1. The van der Waals surface area contributed by atoms with Crippen LogP contribution in [0.2, 0.25) is 0 Å². The first kappa shape index (κ1) is 20.8. The molecule has 3 N–H and O–H groups in total. The fraction of sp³-hybridized carbons (Fsp3) is 0.222. The molecule has 0 saturated heterocycles. The smallest absolute Gasteiger partial charge is 0.489 e. The maximum Gasteiger partial charge on any atom is 0.573 e. The van der Waals surface area contributed by atoms with Crippen LogP contribution in [0.25, 0.3) is 11.0 Å². The van der Waals surface area contributed by atoms with Crippen LogP contribution in [0, 0.1) is 0 Å². The van der Waals surface area contributed by atoms with Crippen molar-refractivity contribution in [1.29, 1.82) is 0 Å². The van der Waals surface area contributed by atoms with Crippen LogP contribution in [0.3, 0.4) is 0 Å². The summed E-state index contributed by atoms with van der Waals surface area (Å²) >= 11 is 0. The minimum absolute atomic E-state index is 0.0260. The van der Waals surface area contributed by atoms with Gasteiger partial charge in [-0.1, -0.05) is 0 Å². The standard InChI is InChI=1S/C18H14F3N3O6S/c19-18(20,21)30-11-3-1-9(2-4-11)24-31(27,28)15-8-13-12(22-16(25)17(26)23-13)7-14(15)29-10-5-6-10/h1-4,7-8,10,24H,5-6H2,(H,22,25)(H,23,26). The van der Waals surface area contributed by atoms with E-state index in [9.17, 15) is 31.2 Å². The lowest BCUT2D eigenvalue weighted by molar-refractivity contribution is -0.274. The molecule has 1 fully saturated rings. The van der Waals surface area contributed by atoms with E-state index in [4.69, 9.17) is 4.74 Å². The van der Waals surface area contributed by atoms with Crippen LogP contribution in [0.4, 0.5) is 18.9 Å². The Morgan fingerprint density at radius 2 is 1.55 bits per heavy atom. The first-order valence-corrected chi connectivity index (χ1v) is 10.3. The fourth-order valence-corrected chi connectivity index (χ4v) is 3.93. The molecule has 13 heteroatoms. The molecule has 2 aromatic carbocycles. The third kappa shape index (κ3) is 4.82. The minimum Gasteiger partial charge on any atom is -0.489 e. The summed E-state index contributed by atoms with van der Waals surface area (Å²) in [6.45, 7) is 0. The van der Waals surface area contributed by atoms with E-state index in [-0.39, 0.29) is 33.5 Å². The van der Waals surface area contributed by atoms with Crippen molar-refractivity contribution in [2.75, 3.05) is 4.72 Å². The molecule has 9 nitrogen and oxygen atoms in total. The Kier molecular flexibility index (Phi) is 4.92. The molecular weight excluding hydrogens is 443 g/mol. The second-order valence-electron chi connectivity index (χ2n) is 6.75. The zero-order valence-electron chi connectivity index (χ0n) is 15.4. The number of nitrogens with one attached hydrogen (secondary N) is 3. The van der Waals surface area contributed by atoms with Gasteiger partial charge in [0.1, 0.15) is 16.4 Å². The van der Waals surface area contributed by atoms with E-state index in [1.807, 2.05) is 0 Å². The molecule has 0 amide bonds. The molecule has 0 aliphatic heterocycles. The van der Waals surface area contributed by atoms with Crippen LogP contribution in [0.15, 0.2) is 50.9 Å². The van der Waals surface area contributed by atoms with Crippen molar-refractivity contribution in [1.82, 2.24) is 9.97 Å². The summed E-state index contributed by atoms with van der Waals surface area (Å²) in [6.07, 6.45) is -3.60. The number of hydrogen-bond donors (Lipinski definition) is 3. The number of anilines is 1. The number of aromatic nitrogens is 2. The molecule has 1 aliphatic carbocycles. The lowest BCUT2D eigenvalue weighted by atomic mass is 10.3. The Morgan fingerprint density at radius 1 is 0.968 bits per heavy atom. The summed E-state index contributed by atoms with van der Waals surface area (Å²) in [5.74, 6) is -0.553. The second kappa shape index (κ2) is 7.34. The number of ether oxygens (including phenoxy) is 2. The van der Waals surface area contributed by atoms with Gasteiger partial charge in [0.05, 0.1) is 17.1 Å².